The molecule has 0 aliphatic carbocycles. The highest BCUT2D eigenvalue weighted by Crippen LogP contribution is 2.29. The van der Waals surface area contributed by atoms with Crippen molar-refractivity contribution in [1.29, 1.82) is 0 Å². The molecule has 0 saturated carbocycles. The van der Waals surface area contributed by atoms with Gasteiger partial charge in [0, 0.05) is 33.0 Å². The van der Waals surface area contributed by atoms with Crippen molar-refractivity contribution >= 4 is 34.9 Å². The van der Waals surface area contributed by atoms with Gasteiger partial charge < -0.3 is 14.0 Å². The summed E-state index contributed by atoms with van der Waals surface area (Å²) in [4.78, 5) is 30.0. The first-order valence-corrected chi connectivity index (χ1v) is 11.2. The Balaban J connectivity index is 1.65. The summed E-state index contributed by atoms with van der Waals surface area (Å²) in [7, 11) is 1.78. The maximum atomic E-state index is 12.8. The van der Waals surface area contributed by atoms with Crippen LogP contribution in [0.3, 0.4) is 0 Å². The zero-order chi connectivity index (χ0) is 22.8. The van der Waals surface area contributed by atoms with Gasteiger partial charge in [0.15, 0.2) is 11.2 Å². The van der Waals surface area contributed by atoms with E-state index in [0.717, 1.165) is 18.4 Å². The van der Waals surface area contributed by atoms with Crippen LogP contribution in [0.25, 0.3) is 23.3 Å². The van der Waals surface area contributed by atoms with Crippen LogP contribution in [0.1, 0.15) is 38.1 Å². The first-order chi connectivity index (χ1) is 15.4. The summed E-state index contributed by atoms with van der Waals surface area (Å²) in [5.74, 6) is 1.23. The quantitative estimate of drug-likeness (QED) is 0.566. The van der Waals surface area contributed by atoms with Gasteiger partial charge in [-0.1, -0.05) is 23.7 Å². The number of fused-ring (bicyclic) bond motifs is 1. The predicted octanol–water partition coefficient (Wildman–Crippen LogP) is 3.32. The number of aromatic nitrogens is 4. The molecule has 0 N–H and O–H groups in total. The van der Waals surface area contributed by atoms with Crippen molar-refractivity contribution in [3.05, 3.63) is 55.4 Å². The van der Waals surface area contributed by atoms with Crippen molar-refractivity contribution in [3.63, 3.8) is 0 Å². The van der Waals surface area contributed by atoms with Crippen LogP contribution in [0.15, 0.2) is 27.8 Å². The third-order valence-corrected chi connectivity index (χ3v) is 6.05. The van der Waals surface area contributed by atoms with Crippen LogP contribution in [0, 0.1) is 0 Å². The van der Waals surface area contributed by atoms with E-state index >= 15 is 0 Å². The van der Waals surface area contributed by atoms with Crippen molar-refractivity contribution in [2.75, 3.05) is 13.2 Å². The number of ether oxygens (including phenoxy) is 2. The normalized spacial score (nSPS) is 15.1. The highest BCUT2D eigenvalue weighted by Gasteiger charge is 2.18. The standard InChI is InChI=1S/C23H27ClN4O4/c1-4-27-21-20(22(29)28(5-2)23(27)30)26(3)19(25-21)9-7-15-6-8-18(17(24)14-15)32-16-10-12-31-13-11-16/h6-9,14,16H,4-5,10-13H2,1-3H3. The SMILES string of the molecule is CCn1c(=O)c2c(nc(C=Cc3ccc(OC4CCOCC4)c(Cl)c3)n2C)n(CC)c1=O. The topological polar surface area (TPSA) is 80.3 Å². The fraction of sp³-hybridized carbons (Fsp3) is 0.435. The lowest BCUT2D eigenvalue weighted by Crippen LogP contribution is -2.39. The minimum absolute atomic E-state index is 0.117. The van der Waals surface area contributed by atoms with Crippen molar-refractivity contribution in [3.8, 4) is 5.75 Å². The molecule has 1 aliphatic rings. The molecule has 1 aromatic carbocycles. The van der Waals surface area contributed by atoms with Gasteiger partial charge in [0.05, 0.1) is 18.2 Å². The van der Waals surface area contributed by atoms with Gasteiger partial charge in [0.25, 0.3) is 5.56 Å². The van der Waals surface area contributed by atoms with Gasteiger partial charge in [-0.25, -0.2) is 9.78 Å². The van der Waals surface area contributed by atoms with E-state index in [2.05, 4.69) is 4.98 Å². The average molecular weight is 459 g/mol. The van der Waals surface area contributed by atoms with Gasteiger partial charge >= 0.3 is 5.69 Å². The summed E-state index contributed by atoms with van der Waals surface area (Å²) in [5.41, 5.74) is 1.01. The smallest absolute Gasteiger partial charge is 0.332 e. The maximum Gasteiger partial charge on any atom is 0.332 e. The number of rotatable bonds is 6. The third kappa shape index (κ3) is 4.12. The maximum absolute atomic E-state index is 12.8. The molecule has 0 radical (unpaired) electrons. The van der Waals surface area contributed by atoms with E-state index in [4.69, 9.17) is 21.1 Å². The molecule has 3 aromatic rings. The molecular weight excluding hydrogens is 432 g/mol. The molecular formula is C23H27ClN4O4. The number of hydrogen-bond donors (Lipinski definition) is 0. The zero-order valence-electron chi connectivity index (χ0n) is 18.5. The number of aryl methyl sites for hydroxylation is 2. The molecule has 170 valence electrons. The summed E-state index contributed by atoms with van der Waals surface area (Å²) in [6.07, 6.45) is 5.51. The second-order valence-electron chi connectivity index (χ2n) is 7.73. The molecule has 0 atom stereocenters. The fourth-order valence-electron chi connectivity index (χ4n) is 3.95. The molecule has 1 fully saturated rings. The van der Waals surface area contributed by atoms with Crippen LogP contribution in [0.4, 0.5) is 0 Å². The molecule has 0 spiro atoms. The van der Waals surface area contributed by atoms with Gasteiger partial charge in [0.2, 0.25) is 0 Å². The van der Waals surface area contributed by atoms with Crippen molar-refractivity contribution in [2.45, 2.75) is 45.9 Å². The van der Waals surface area contributed by atoms with Crippen LogP contribution in [0.5, 0.6) is 5.75 Å². The first kappa shape index (κ1) is 22.4. The van der Waals surface area contributed by atoms with Gasteiger partial charge in [-0.15, -0.1) is 0 Å². The average Bonchev–Trinajstić information content (AvgIpc) is 3.11. The van der Waals surface area contributed by atoms with Gasteiger partial charge in [-0.05, 0) is 37.6 Å². The number of imidazole rings is 1. The Morgan fingerprint density at radius 3 is 2.53 bits per heavy atom. The van der Waals surface area contributed by atoms with Gasteiger partial charge in [0.1, 0.15) is 17.7 Å². The van der Waals surface area contributed by atoms with Gasteiger partial charge in [-0.3, -0.25) is 13.9 Å². The largest absolute Gasteiger partial charge is 0.489 e. The molecule has 9 heteroatoms. The van der Waals surface area contributed by atoms with E-state index in [1.165, 1.54) is 9.13 Å². The molecule has 8 nitrogen and oxygen atoms in total. The van der Waals surface area contributed by atoms with Crippen LogP contribution in [-0.2, 0) is 24.9 Å². The number of nitrogens with zero attached hydrogens (tertiary/aromatic N) is 4. The predicted molar refractivity (Wildman–Crippen MR) is 125 cm³/mol. The van der Waals surface area contributed by atoms with E-state index in [1.54, 1.807) is 18.5 Å². The van der Waals surface area contributed by atoms with E-state index in [0.29, 0.717) is 54.1 Å². The van der Waals surface area contributed by atoms with Crippen LogP contribution in [-0.4, -0.2) is 38.0 Å². The summed E-state index contributed by atoms with van der Waals surface area (Å²) in [6, 6.07) is 5.62. The Morgan fingerprint density at radius 2 is 1.88 bits per heavy atom. The molecule has 32 heavy (non-hydrogen) atoms. The van der Waals surface area contributed by atoms with Crippen molar-refractivity contribution in [1.82, 2.24) is 18.7 Å². The Bertz CT molecular complexity index is 1280. The summed E-state index contributed by atoms with van der Waals surface area (Å²) in [6.45, 7) is 5.80. The second-order valence-corrected chi connectivity index (χ2v) is 8.14. The number of halogens is 1. The van der Waals surface area contributed by atoms with E-state index in [1.807, 2.05) is 37.3 Å². The molecule has 0 amide bonds. The lowest BCUT2D eigenvalue weighted by molar-refractivity contribution is 0.0256. The van der Waals surface area contributed by atoms with Crippen LogP contribution >= 0.6 is 11.6 Å². The van der Waals surface area contributed by atoms with E-state index in [9.17, 15) is 9.59 Å². The second kappa shape index (κ2) is 9.34. The summed E-state index contributed by atoms with van der Waals surface area (Å²) < 4.78 is 15.9. The Hall–Kier alpha value is -2.84. The highest BCUT2D eigenvalue weighted by atomic mass is 35.5. The minimum Gasteiger partial charge on any atom is -0.489 e. The molecule has 1 saturated heterocycles. The molecule has 4 rings (SSSR count). The molecule has 1 aliphatic heterocycles. The van der Waals surface area contributed by atoms with Gasteiger partial charge in [-0.2, -0.15) is 0 Å². The van der Waals surface area contributed by atoms with Crippen LogP contribution in [0.2, 0.25) is 5.02 Å². The van der Waals surface area contributed by atoms with E-state index in [-0.39, 0.29) is 17.4 Å². The molecule has 2 aromatic heterocycles. The Morgan fingerprint density at radius 1 is 1.16 bits per heavy atom. The number of hydrogen-bond acceptors (Lipinski definition) is 5. The lowest BCUT2D eigenvalue weighted by atomic mass is 10.1. The third-order valence-electron chi connectivity index (χ3n) is 5.75. The number of benzene rings is 1. The first-order valence-electron chi connectivity index (χ1n) is 10.9. The molecule has 3 heterocycles. The highest BCUT2D eigenvalue weighted by molar-refractivity contribution is 6.32. The van der Waals surface area contributed by atoms with E-state index < -0.39 is 0 Å². The molecule has 0 bridgehead atoms. The minimum atomic E-state index is -0.340. The lowest BCUT2D eigenvalue weighted by Gasteiger charge is -2.23. The van der Waals surface area contributed by atoms with Crippen LogP contribution < -0.4 is 16.0 Å². The summed E-state index contributed by atoms with van der Waals surface area (Å²) >= 11 is 6.44. The zero-order valence-corrected chi connectivity index (χ0v) is 19.3. The molecule has 0 unspecified atom stereocenters. The monoisotopic (exact) mass is 458 g/mol. The Kier molecular flexibility index (Phi) is 6.53. The Labute approximate surface area is 190 Å². The summed E-state index contributed by atoms with van der Waals surface area (Å²) in [5, 5.41) is 0.536. The van der Waals surface area contributed by atoms with Crippen molar-refractivity contribution in [2.24, 2.45) is 7.05 Å². The fourth-order valence-corrected chi connectivity index (χ4v) is 4.19. The van der Waals surface area contributed by atoms with Crippen molar-refractivity contribution < 1.29 is 9.47 Å².